The van der Waals surface area contributed by atoms with E-state index < -0.39 is 17.7 Å². The summed E-state index contributed by atoms with van der Waals surface area (Å²) in [5, 5.41) is 6.03. The molecular formula is C21H18F3N3O2. The van der Waals surface area contributed by atoms with Gasteiger partial charge in [0, 0.05) is 23.1 Å². The van der Waals surface area contributed by atoms with Crippen molar-refractivity contribution in [3.63, 3.8) is 0 Å². The van der Waals surface area contributed by atoms with Gasteiger partial charge in [-0.1, -0.05) is 18.2 Å². The predicted molar refractivity (Wildman–Crippen MR) is 105 cm³/mol. The SMILES string of the molecule is COC(=O)CNc1cc(-c2ccccc2Nc2ccc(C(F)(F)F)cc2)ccn1. The molecule has 0 aliphatic rings. The lowest BCUT2D eigenvalue weighted by atomic mass is 10.0. The number of nitrogens with one attached hydrogen (secondary N) is 2. The third-order valence-corrected chi connectivity index (χ3v) is 4.13. The highest BCUT2D eigenvalue weighted by molar-refractivity contribution is 5.82. The molecule has 8 heteroatoms. The molecule has 0 aliphatic heterocycles. The highest BCUT2D eigenvalue weighted by Gasteiger charge is 2.29. The number of nitrogens with zero attached hydrogens (tertiary/aromatic N) is 1. The van der Waals surface area contributed by atoms with Gasteiger partial charge < -0.3 is 15.4 Å². The topological polar surface area (TPSA) is 63.2 Å². The molecule has 1 heterocycles. The largest absolute Gasteiger partial charge is 0.468 e. The molecule has 2 N–H and O–H groups in total. The molecule has 0 unspecified atom stereocenters. The van der Waals surface area contributed by atoms with Crippen molar-refractivity contribution in [1.82, 2.24) is 4.98 Å². The van der Waals surface area contributed by atoms with E-state index in [9.17, 15) is 18.0 Å². The summed E-state index contributed by atoms with van der Waals surface area (Å²) in [6.45, 7) is -0.0155. The van der Waals surface area contributed by atoms with E-state index in [1.807, 2.05) is 24.3 Å². The maximum atomic E-state index is 12.7. The van der Waals surface area contributed by atoms with Gasteiger partial charge in [0.1, 0.15) is 12.4 Å². The van der Waals surface area contributed by atoms with E-state index >= 15 is 0 Å². The number of hydrogen-bond acceptors (Lipinski definition) is 5. The van der Waals surface area contributed by atoms with Gasteiger partial charge in [-0.15, -0.1) is 0 Å². The van der Waals surface area contributed by atoms with Crippen molar-refractivity contribution in [3.05, 3.63) is 72.4 Å². The van der Waals surface area contributed by atoms with E-state index in [4.69, 9.17) is 0 Å². The molecule has 3 aromatic rings. The average molecular weight is 401 g/mol. The molecule has 3 rings (SSSR count). The van der Waals surface area contributed by atoms with Crippen molar-refractivity contribution < 1.29 is 22.7 Å². The number of methoxy groups -OCH3 is 1. The highest BCUT2D eigenvalue weighted by atomic mass is 19.4. The Balaban J connectivity index is 1.83. The number of pyridine rings is 1. The molecule has 0 fully saturated rings. The van der Waals surface area contributed by atoms with Crippen LogP contribution in [0, 0.1) is 0 Å². The third kappa shape index (κ3) is 5.25. The number of carbonyl (C=O) groups is 1. The van der Waals surface area contributed by atoms with Crippen LogP contribution >= 0.6 is 0 Å². The number of rotatable bonds is 6. The van der Waals surface area contributed by atoms with Crippen molar-refractivity contribution in [3.8, 4) is 11.1 Å². The van der Waals surface area contributed by atoms with Crippen molar-refractivity contribution in [2.75, 3.05) is 24.3 Å². The fourth-order valence-corrected chi connectivity index (χ4v) is 2.67. The minimum atomic E-state index is -4.37. The molecule has 0 saturated heterocycles. The highest BCUT2D eigenvalue weighted by Crippen LogP contribution is 2.33. The van der Waals surface area contributed by atoms with Gasteiger partial charge in [0.25, 0.3) is 0 Å². The van der Waals surface area contributed by atoms with Crippen LogP contribution in [-0.4, -0.2) is 24.6 Å². The predicted octanol–water partition coefficient (Wildman–Crippen LogP) is 5.10. The first-order valence-electron chi connectivity index (χ1n) is 8.67. The van der Waals surface area contributed by atoms with Gasteiger partial charge in [-0.3, -0.25) is 4.79 Å². The summed E-state index contributed by atoms with van der Waals surface area (Å²) >= 11 is 0. The number of alkyl halides is 3. The second-order valence-electron chi connectivity index (χ2n) is 6.11. The van der Waals surface area contributed by atoms with E-state index in [1.54, 1.807) is 18.3 Å². The van der Waals surface area contributed by atoms with Crippen LogP contribution in [0.2, 0.25) is 0 Å². The van der Waals surface area contributed by atoms with Gasteiger partial charge in [-0.25, -0.2) is 4.98 Å². The van der Waals surface area contributed by atoms with E-state index in [2.05, 4.69) is 20.4 Å². The Labute approximate surface area is 165 Å². The lowest BCUT2D eigenvalue weighted by Crippen LogP contribution is -2.15. The molecule has 1 aromatic heterocycles. The quantitative estimate of drug-likeness (QED) is 0.563. The normalized spacial score (nSPS) is 11.0. The first-order chi connectivity index (χ1) is 13.9. The van der Waals surface area contributed by atoms with Gasteiger partial charge in [-0.05, 0) is 48.0 Å². The maximum absolute atomic E-state index is 12.7. The van der Waals surface area contributed by atoms with Crippen molar-refractivity contribution in [2.24, 2.45) is 0 Å². The molecular weight excluding hydrogens is 383 g/mol. The molecule has 5 nitrogen and oxygen atoms in total. The van der Waals surface area contributed by atoms with E-state index in [1.165, 1.54) is 19.2 Å². The van der Waals surface area contributed by atoms with Gasteiger partial charge in [0.05, 0.1) is 12.7 Å². The number of hydrogen-bond donors (Lipinski definition) is 2. The second-order valence-corrected chi connectivity index (χ2v) is 6.11. The Morgan fingerprint density at radius 2 is 1.79 bits per heavy atom. The molecule has 0 bridgehead atoms. The first kappa shape index (κ1) is 20.2. The fourth-order valence-electron chi connectivity index (χ4n) is 2.67. The summed E-state index contributed by atoms with van der Waals surface area (Å²) in [4.78, 5) is 15.5. The van der Waals surface area contributed by atoms with Crippen LogP contribution in [0.3, 0.4) is 0 Å². The summed E-state index contributed by atoms with van der Waals surface area (Å²) in [6, 6.07) is 15.8. The van der Waals surface area contributed by atoms with Gasteiger partial charge in [0.15, 0.2) is 0 Å². The number of anilines is 3. The number of benzene rings is 2. The molecule has 150 valence electrons. The Morgan fingerprint density at radius 1 is 1.07 bits per heavy atom. The Bertz CT molecular complexity index is 989. The summed E-state index contributed by atoms with van der Waals surface area (Å²) in [5.74, 6) is 0.0822. The summed E-state index contributed by atoms with van der Waals surface area (Å²) in [7, 11) is 1.30. The van der Waals surface area contributed by atoms with Crippen LogP contribution in [0.4, 0.5) is 30.4 Å². The van der Waals surface area contributed by atoms with Crippen LogP contribution in [-0.2, 0) is 15.7 Å². The van der Waals surface area contributed by atoms with Crippen LogP contribution in [0.1, 0.15) is 5.56 Å². The Kier molecular flexibility index (Phi) is 6.01. The fraction of sp³-hybridized carbons (Fsp3) is 0.143. The number of ether oxygens (including phenoxy) is 1. The molecule has 0 spiro atoms. The van der Waals surface area contributed by atoms with E-state index in [0.29, 0.717) is 11.5 Å². The Morgan fingerprint density at radius 3 is 2.48 bits per heavy atom. The zero-order chi connectivity index (χ0) is 20.9. The average Bonchev–Trinajstić information content (AvgIpc) is 2.72. The van der Waals surface area contributed by atoms with E-state index in [0.717, 1.165) is 28.9 Å². The molecule has 0 saturated carbocycles. The number of para-hydroxylation sites is 1. The minimum absolute atomic E-state index is 0.0155. The number of carbonyl (C=O) groups excluding carboxylic acids is 1. The smallest absolute Gasteiger partial charge is 0.416 e. The number of esters is 1. The van der Waals surface area contributed by atoms with Crippen LogP contribution in [0.25, 0.3) is 11.1 Å². The van der Waals surface area contributed by atoms with E-state index in [-0.39, 0.29) is 6.54 Å². The maximum Gasteiger partial charge on any atom is 0.416 e. The van der Waals surface area contributed by atoms with Crippen molar-refractivity contribution in [2.45, 2.75) is 6.18 Å². The molecule has 29 heavy (non-hydrogen) atoms. The van der Waals surface area contributed by atoms with Gasteiger partial charge in [-0.2, -0.15) is 13.2 Å². The molecule has 2 aromatic carbocycles. The summed E-state index contributed by atoms with van der Waals surface area (Å²) in [5.41, 5.74) is 2.20. The Hall–Kier alpha value is -3.55. The lowest BCUT2D eigenvalue weighted by molar-refractivity contribution is -0.139. The van der Waals surface area contributed by atoms with Crippen LogP contribution < -0.4 is 10.6 Å². The van der Waals surface area contributed by atoms with Crippen molar-refractivity contribution >= 4 is 23.2 Å². The second kappa shape index (κ2) is 8.64. The summed E-state index contributed by atoms with van der Waals surface area (Å²) in [6.07, 6.45) is -2.77. The molecule has 0 radical (unpaired) electrons. The zero-order valence-electron chi connectivity index (χ0n) is 15.5. The number of aromatic nitrogens is 1. The molecule has 0 aliphatic carbocycles. The van der Waals surface area contributed by atoms with Gasteiger partial charge >= 0.3 is 12.1 Å². The van der Waals surface area contributed by atoms with Crippen LogP contribution in [0.15, 0.2) is 66.9 Å². The standard InChI is InChI=1S/C21H18F3N3O2/c1-29-20(28)13-26-19-12-14(10-11-25-19)17-4-2-3-5-18(17)27-16-8-6-15(7-9-16)21(22,23)24/h2-12,27H,13H2,1H3,(H,25,26). The zero-order valence-corrected chi connectivity index (χ0v) is 15.5. The van der Waals surface area contributed by atoms with Crippen LogP contribution in [0.5, 0.6) is 0 Å². The summed E-state index contributed by atoms with van der Waals surface area (Å²) < 4.78 is 42.8. The molecule has 0 atom stereocenters. The van der Waals surface area contributed by atoms with Gasteiger partial charge in [0.2, 0.25) is 0 Å². The lowest BCUT2D eigenvalue weighted by Gasteiger charge is -2.14. The first-order valence-corrected chi connectivity index (χ1v) is 8.67. The van der Waals surface area contributed by atoms with Crippen molar-refractivity contribution in [1.29, 1.82) is 0 Å². The number of halogens is 3. The third-order valence-electron chi connectivity index (χ3n) is 4.13. The monoisotopic (exact) mass is 401 g/mol. The minimum Gasteiger partial charge on any atom is -0.468 e. The molecule has 0 amide bonds.